The fourth-order valence-electron chi connectivity index (χ4n) is 2.53. The summed E-state index contributed by atoms with van der Waals surface area (Å²) in [5.74, 6) is 1.76. The summed E-state index contributed by atoms with van der Waals surface area (Å²) in [5, 5.41) is 0. The molecule has 0 amide bonds. The van der Waals surface area contributed by atoms with E-state index in [0.717, 1.165) is 49.2 Å². The maximum atomic E-state index is 5.36. The van der Waals surface area contributed by atoms with E-state index in [9.17, 15) is 0 Å². The van der Waals surface area contributed by atoms with Gasteiger partial charge in [0.1, 0.15) is 11.3 Å². The van der Waals surface area contributed by atoms with Crippen molar-refractivity contribution < 1.29 is 4.74 Å². The first kappa shape index (κ1) is 12.3. The largest absolute Gasteiger partial charge is 0.378 e. The van der Waals surface area contributed by atoms with E-state index in [2.05, 4.69) is 33.3 Å². The van der Waals surface area contributed by atoms with Crippen molar-refractivity contribution >= 4 is 17.1 Å². The number of morpholine rings is 1. The Morgan fingerprint density at radius 3 is 2.63 bits per heavy atom. The molecular weight excluding hydrogens is 242 g/mol. The second-order valence-corrected chi connectivity index (χ2v) is 5.10. The zero-order valence-corrected chi connectivity index (χ0v) is 11.6. The quantitative estimate of drug-likeness (QED) is 0.821. The molecule has 0 N–H and O–H groups in total. The second-order valence-electron chi connectivity index (χ2n) is 5.10. The molecule has 0 spiro atoms. The molecule has 6 heteroatoms. The van der Waals surface area contributed by atoms with Gasteiger partial charge in [0.15, 0.2) is 5.65 Å². The van der Waals surface area contributed by atoms with E-state index in [1.807, 2.05) is 13.1 Å². The smallest absolute Gasteiger partial charge is 0.227 e. The van der Waals surface area contributed by atoms with Gasteiger partial charge in [0, 0.05) is 19.1 Å². The first-order valence-electron chi connectivity index (χ1n) is 6.71. The molecular formula is C13H19N5O. The first-order valence-corrected chi connectivity index (χ1v) is 6.71. The average Bonchev–Trinajstić information content (AvgIpc) is 2.74. The lowest BCUT2D eigenvalue weighted by Gasteiger charge is -2.26. The van der Waals surface area contributed by atoms with Gasteiger partial charge < -0.3 is 14.2 Å². The average molecular weight is 261 g/mol. The molecule has 0 aliphatic carbocycles. The Balaban J connectivity index is 2.05. The minimum atomic E-state index is 0.345. The number of ether oxygens (including phenoxy) is 1. The molecule has 2 aromatic rings. The SMILES string of the molecule is Cc1nc2cnc(N3CCOCC3)nc2n1C(C)C. The Labute approximate surface area is 112 Å². The monoisotopic (exact) mass is 261 g/mol. The van der Waals surface area contributed by atoms with E-state index in [0.29, 0.717) is 6.04 Å². The number of rotatable bonds is 2. The lowest BCUT2D eigenvalue weighted by atomic mass is 10.4. The molecule has 1 aliphatic heterocycles. The van der Waals surface area contributed by atoms with Gasteiger partial charge in [-0.1, -0.05) is 0 Å². The third-order valence-electron chi connectivity index (χ3n) is 3.41. The number of anilines is 1. The lowest BCUT2D eigenvalue weighted by Crippen LogP contribution is -2.37. The third-order valence-corrected chi connectivity index (χ3v) is 3.41. The molecule has 0 aromatic carbocycles. The molecule has 0 radical (unpaired) electrons. The van der Waals surface area contributed by atoms with Crippen molar-refractivity contribution in [2.45, 2.75) is 26.8 Å². The number of imidazole rings is 1. The normalized spacial score (nSPS) is 16.5. The maximum Gasteiger partial charge on any atom is 0.227 e. The van der Waals surface area contributed by atoms with Crippen molar-refractivity contribution in [3.63, 3.8) is 0 Å². The van der Waals surface area contributed by atoms with E-state index >= 15 is 0 Å². The van der Waals surface area contributed by atoms with Crippen LogP contribution in [0.2, 0.25) is 0 Å². The summed E-state index contributed by atoms with van der Waals surface area (Å²) < 4.78 is 7.51. The van der Waals surface area contributed by atoms with Gasteiger partial charge >= 0.3 is 0 Å². The summed E-state index contributed by atoms with van der Waals surface area (Å²) >= 11 is 0. The van der Waals surface area contributed by atoms with Crippen LogP contribution in [0.15, 0.2) is 6.20 Å². The van der Waals surface area contributed by atoms with Gasteiger partial charge in [-0.05, 0) is 20.8 Å². The molecule has 0 unspecified atom stereocenters. The van der Waals surface area contributed by atoms with Crippen LogP contribution in [0, 0.1) is 6.92 Å². The molecule has 0 atom stereocenters. The van der Waals surface area contributed by atoms with Gasteiger partial charge in [-0.15, -0.1) is 0 Å². The Hall–Kier alpha value is -1.69. The lowest BCUT2D eigenvalue weighted by molar-refractivity contribution is 0.122. The second kappa shape index (κ2) is 4.77. The molecule has 102 valence electrons. The van der Waals surface area contributed by atoms with E-state index in [1.54, 1.807) is 0 Å². The highest BCUT2D eigenvalue weighted by molar-refractivity contribution is 5.72. The molecule has 0 bridgehead atoms. The van der Waals surface area contributed by atoms with Crippen molar-refractivity contribution in [2.75, 3.05) is 31.2 Å². The molecule has 6 nitrogen and oxygen atoms in total. The maximum absolute atomic E-state index is 5.36. The zero-order chi connectivity index (χ0) is 13.4. The topological polar surface area (TPSA) is 56.1 Å². The van der Waals surface area contributed by atoms with E-state index in [4.69, 9.17) is 9.72 Å². The number of fused-ring (bicyclic) bond motifs is 1. The van der Waals surface area contributed by atoms with E-state index < -0.39 is 0 Å². The number of hydrogen-bond acceptors (Lipinski definition) is 5. The van der Waals surface area contributed by atoms with Crippen LogP contribution in [0.25, 0.3) is 11.2 Å². The summed E-state index contributed by atoms with van der Waals surface area (Å²) in [6, 6.07) is 0.345. The third kappa shape index (κ3) is 2.16. The van der Waals surface area contributed by atoms with Crippen molar-refractivity contribution in [3.05, 3.63) is 12.0 Å². The van der Waals surface area contributed by atoms with Crippen molar-refractivity contribution in [1.82, 2.24) is 19.5 Å². The van der Waals surface area contributed by atoms with Crippen LogP contribution in [0.4, 0.5) is 5.95 Å². The van der Waals surface area contributed by atoms with Crippen LogP contribution < -0.4 is 4.90 Å². The Morgan fingerprint density at radius 1 is 1.21 bits per heavy atom. The van der Waals surface area contributed by atoms with Gasteiger partial charge in [-0.3, -0.25) is 0 Å². The number of aromatic nitrogens is 4. The number of nitrogens with zero attached hydrogens (tertiary/aromatic N) is 5. The Kier molecular flexibility index (Phi) is 3.10. The van der Waals surface area contributed by atoms with Crippen LogP contribution >= 0.6 is 0 Å². The van der Waals surface area contributed by atoms with Crippen LogP contribution in [0.1, 0.15) is 25.7 Å². The zero-order valence-electron chi connectivity index (χ0n) is 11.6. The molecule has 1 saturated heterocycles. The van der Waals surface area contributed by atoms with Crippen LogP contribution in [-0.4, -0.2) is 45.8 Å². The fraction of sp³-hybridized carbons (Fsp3) is 0.615. The Bertz CT molecular complexity index is 586. The Morgan fingerprint density at radius 2 is 1.95 bits per heavy atom. The molecule has 1 aliphatic rings. The number of hydrogen-bond donors (Lipinski definition) is 0. The highest BCUT2D eigenvalue weighted by Crippen LogP contribution is 2.20. The van der Waals surface area contributed by atoms with Gasteiger partial charge in [0.05, 0.1) is 19.4 Å². The van der Waals surface area contributed by atoms with E-state index in [-0.39, 0.29) is 0 Å². The van der Waals surface area contributed by atoms with Gasteiger partial charge in [-0.2, -0.15) is 4.98 Å². The fourth-order valence-corrected chi connectivity index (χ4v) is 2.53. The highest BCUT2D eigenvalue weighted by Gasteiger charge is 2.17. The van der Waals surface area contributed by atoms with E-state index in [1.165, 1.54) is 0 Å². The van der Waals surface area contributed by atoms with Crippen molar-refractivity contribution in [3.8, 4) is 0 Å². The molecule has 2 aromatic heterocycles. The van der Waals surface area contributed by atoms with Crippen molar-refractivity contribution in [1.29, 1.82) is 0 Å². The molecule has 3 rings (SSSR count). The van der Waals surface area contributed by atoms with Gasteiger partial charge in [0.25, 0.3) is 0 Å². The summed E-state index contributed by atoms with van der Waals surface area (Å²) in [7, 11) is 0. The molecule has 3 heterocycles. The standard InChI is InChI=1S/C13H19N5O/c1-9(2)18-10(3)15-11-8-14-13(16-12(11)18)17-4-6-19-7-5-17/h8-9H,4-7H2,1-3H3. The van der Waals surface area contributed by atoms with Crippen molar-refractivity contribution in [2.24, 2.45) is 0 Å². The minimum Gasteiger partial charge on any atom is -0.378 e. The predicted molar refractivity (Wildman–Crippen MR) is 73.5 cm³/mol. The molecule has 0 saturated carbocycles. The minimum absolute atomic E-state index is 0.345. The van der Waals surface area contributed by atoms with Crippen LogP contribution in [0.5, 0.6) is 0 Å². The summed E-state index contributed by atoms with van der Waals surface area (Å²) in [5.41, 5.74) is 1.78. The van der Waals surface area contributed by atoms with Crippen LogP contribution in [-0.2, 0) is 4.74 Å². The summed E-state index contributed by atoms with van der Waals surface area (Å²) in [6.45, 7) is 9.47. The van der Waals surface area contributed by atoms with Crippen LogP contribution in [0.3, 0.4) is 0 Å². The number of aryl methyl sites for hydroxylation is 1. The molecule has 1 fully saturated rings. The predicted octanol–water partition coefficient (Wildman–Crippen LogP) is 1.55. The summed E-state index contributed by atoms with van der Waals surface area (Å²) in [6.07, 6.45) is 1.82. The molecule has 19 heavy (non-hydrogen) atoms. The summed E-state index contributed by atoms with van der Waals surface area (Å²) in [4.78, 5) is 15.8. The first-order chi connectivity index (χ1) is 9.16. The van der Waals surface area contributed by atoms with Gasteiger partial charge in [0.2, 0.25) is 5.95 Å². The van der Waals surface area contributed by atoms with Gasteiger partial charge in [-0.25, -0.2) is 9.97 Å². The highest BCUT2D eigenvalue weighted by atomic mass is 16.5.